The summed E-state index contributed by atoms with van der Waals surface area (Å²) in [6.07, 6.45) is 1.46. The first-order chi connectivity index (χ1) is 20.9. The standard InChI is InChI=1S/C36H29ClN2O4/c1-24-12-13-27-10-6-7-11-31(27)32(24)23-43-35-33(37)19-26(20-34(35)41-2)18-28(21-38)36(40)39-29-14-16-30(17-15-29)42-22-25-8-4-3-5-9-25/h3-20H,22-23H2,1-2H3,(H,39,40)/b28-18+. The van der Waals surface area contributed by atoms with Gasteiger partial charge in [0.25, 0.3) is 5.91 Å². The minimum atomic E-state index is -0.553. The molecule has 214 valence electrons. The first-order valence-corrected chi connectivity index (χ1v) is 14.0. The molecule has 0 fully saturated rings. The Morgan fingerprint density at radius 3 is 2.40 bits per heavy atom. The molecule has 0 bridgehead atoms. The molecule has 6 nitrogen and oxygen atoms in total. The molecule has 0 spiro atoms. The van der Waals surface area contributed by atoms with Crippen LogP contribution in [0.4, 0.5) is 5.69 Å². The maximum Gasteiger partial charge on any atom is 0.266 e. The highest BCUT2D eigenvalue weighted by molar-refractivity contribution is 6.32. The molecule has 1 amide bonds. The van der Waals surface area contributed by atoms with Crippen LogP contribution in [0, 0.1) is 18.3 Å². The fourth-order valence-electron chi connectivity index (χ4n) is 4.63. The van der Waals surface area contributed by atoms with Crippen LogP contribution >= 0.6 is 11.6 Å². The van der Waals surface area contributed by atoms with Crippen molar-refractivity contribution in [3.05, 3.63) is 136 Å². The highest BCUT2D eigenvalue weighted by Gasteiger charge is 2.16. The Bertz CT molecular complexity index is 1830. The molecule has 5 aromatic rings. The van der Waals surface area contributed by atoms with Crippen molar-refractivity contribution in [2.24, 2.45) is 0 Å². The number of hydrogen-bond donors (Lipinski definition) is 1. The van der Waals surface area contributed by atoms with Gasteiger partial charge in [0.2, 0.25) is 0 Å². The van der Waals surface area contributed by atoms with E-state index in [1.165, 1.54) is 13.2 Å². The molecule has 7 heteroatoms. The molecule has 0 aliphatic rings. The van der Waals surface area contributed by atoms with Crippen molar-refractivity contribution < 1.29 is 19.0 Å². The highest BCUT2D eigenvalue weighted by Crippen LogP contribution is 2.38. The molecule has 0 aromatic heterocycles. The third kappa shape index (κ3) is 7.16. The van der Waals surface area contributed by atoms with E-state index in [1.807, 2.05) is 55.5 Å². The number of aryl methyl sites for hydroxylation is 1. The van der Waals surface area contributed by atoms with Crippen molar-refractivity contribution in [3.63, 3.8) is 0 Å². The predicted octanol–water partition coefficient (Wildman–Crippen LogP) is 8.51. The summed E-state index contributed by atoms with van der Waals surface area (Å²) in [5.41, 5.74) is 4.17. The number of carbonyl (C=O) groups is 1. The maximum atomic E-state index is 12.9. The van der Waals surface area contributed by atoms with Crippen LogP contribution in [0.5, 0.6) is 17.2 Å². The lowest BCUT2D eigenvalue weighted by Gasteiger charge is -2.16. The largest absolute Gasteiger partial charge is 0.493 e. The Morgan fingerprint density at radius 1 is 0.907 bits per heavy atom. The zero-order valence-corrected chi connectivity index (χ0v) is 24.5. The van der Waals surface area contributed by atoms with E-state index in [2.05, 4.69) is 29.6 Å². The van der Waals surface area contributed by atoms with Gasteiger partial charge in [-0.1, -0.05) is 78.3 Å². The Balaban J connectivity index is 1.28. The molecule has 0 heterocycles. The number of halogens is 1. The van der Waals surface area contributed by atoms with Gasteiger partial charge < -0.3 is 19.5 Å². The number of fused-ring (bicyclic) bond motifs is 1. The van der Waals surface area contributed by atoms with Crippen molar-refractivity contribution in [1.82, 2.24) is 0 Å². The van der Waals surface area contributed by atoms with E-state index < -0.39 is 5.91 Å². The monoisotopic (exact) mass is 588 g/mol. The Kier molecular flexibility index (Phi) is 9.26. The summed E-state index contributed by atoms with van der Waals surface area (Å²) < 4.78 is 17.5. The van der Waals surface area contributed by atoms with Crippen molar-refractivity contribution in [1.29, 1.82) is 5.26 Å². The Morgan fingerprint density at radius 2 is 1.65 bits per heavy atom. The molecule has 0 saturated carbocycles. The average Bonchev–Trinajstić information content (AvgIpc) is 3.03. The zero-order valence-electron chi connectivity index (χ0n) is 23.8. The summed E-state index contributed by atoms with van der Waals surface area (Å²) >= 11 is 6.62. The molecular weight excluding hydrogens is 560 g/mol. The zero-order chi connectivity index (χ0) is 30.2. The Hall–Kier alpha value is -5.25. The lowest BCUT2D eigenvalue weighted by atomic mass is 10.0. The molecule has 1 N–H and O–H groups in total. The molecule has 0 radical (unpaired) electrons. The average molecular weight is 589 g/mol. The molecular formula is C36H29ClN2O4. The van der Waals surface area contributed by atoms with E-state index in [0.29, 0.717) is 46.7 Å². The number of hydrogen-bond acceptors (Lipinski definition) is 5. The van der Waals surface area contributed by atoms with Crippen LogP contribution in [0.2, 0.25) is 5.02 Å². The third-order valence-corrected chi connectivity index (χ3v) is 7.20. The summed E-state index contributed by atoms with van der Waals surface area (Å²) in [5.74, 6) is 0.881. The summed E-state index contributed by atoms with van der Waals surface area (Å²) in [6.45, 7) is 2.77. The van der Waals surface area contributed by atoms with Gasteiger partial charge in [0.1, 0.15) is 30.6 Å². The molecule has 0 unspecified atom stereocenters. The fourth-order valence-corrected chi connectivity index (χ4v) is 4.91. The molecule has 5 rings (SSSR count). The van der Waals surface area contributed by atoms with E-state index in [-0.39, 0.29) is 5.57 Å². The smallest absolute Gasteiger partial charge is 0.266 e. The van der Waals surface area contributed by atoms with E-state index in [1.54, 1.807) is 36.4 Å². The van der Waals surface area contributed by atoms with Gasteiger partial charge in [0, 0.05) is 11.3 Å². The van der Waals surface area contributed by atoms with Gasteiger partial charge >= 0.3 is 0 Å². The number of nitrogens with zero attached hydrogens (tertiary/aromatic N) is 1. The number of methoxy groups -OCH3 is 1. The summed E-state index contributed by atoms with van der Waals surface area (Å²) in [4.78, 5) is 12.9. The van der Waals surface area contributed by atoms with Gasteiger partial charge in [0.15, 0.2) is 11.5 Å². The maximum absolute atomic E-state index is 12.9. The molecule has 0 atom stereocenters. The van der Waals surface area contributed by atoms with Crippen LogP contribution in [-0.2, 0) is 18.0 Å². The first-order valence-electron chi connectivity index (χ1n) is 13.6. The third-order valence-electron chi connectivity index (χ3n) is 6.92. The predicted molar refractivity (Wildman–Crippen MR) is 170 cm³/mol. The summed E-state index contributed by atoms with van der Waals surface area (Å²) in [6, 6.07) is 34.4. The van der Waals surface area contributed by atoms with Crippen molar-refractivity contribution in [2.45, 2.75) is 20.1 Å². The van der Waals surface area contributed by atoms with Crippen molar-refractivity contribution in [2.75, 3.05) is 12.4 Å². The van der Waals surface area contributed by atoms with Gasteiger partial charge in [0.05, 0.1) is 12.1 Å². The van der Waals surface area contributed by atoms with E-state index >= 15 is 0 Å². The number of anilines is 1. The van der Waals surface area contributed by atoms with Gasteiger partial charge in [-0.05, 0) is 76.9 Å². The van der Waals surface area contributed by atoms with E-state index in [4.69, 9.17) is 25.8 Å². The molecule has 0 aliphatic heterocycles. The van der Waals surface area contributed by atoms with Crippen molar-refractivity contribution >= 4 is 40.0 Å². The second-order valence-electron chi connectivity index (χ2n) is 9.83. The number of ether oxygens (including phenoxy) is 3. The minimum Gasteiger partial charge on any atom is -0.493 e. The van der Waals surface area contributed by atoms with Gasteiger partial charge in [-0.2, -0.15) is 5.26 Å². The van der Waals surface area contributed by atoms with Crippen LogP contribution in [0.1, 0.15) is 22.3 Å². The minimum absolute atomic E-state index is 0.0948. The van der Waals surface area contributed by atoms with Gasteiger partial charge in [-0.15, -0.1) is 0 Å². The van der Waals surface area contributed by atoms with Crippen LogP contribution < -0.4 is 19.5 Å². The van der Waals surface area contributed by atoms with Crippen LogP contribution in [0.15, 0.2) is 109 Å². The second-order valence-corrected chi connectivity index (χ2v) is 10.2. The number of benzene rings is 5. The lowest BCUT2D eigenvalue weighted by Crippen LogP contribution is -2.13. The molecule has 5 aromatic carbocycles. The summed E-state index contributed by atoms with van der Waals surface area (Å²) in [7, 11) is 1.51. The SMILES string of the molecule is COc1cc(/C=C(\C#N)C(=O)Nc2ccc(OCc3ccccc3)cc2)cc(Cl)c1OCc1c(C)ccc2ccccc12. The second kappa shape index (κ2) is 13.6. The number of carbonyl (C=O) groups excluding carboxylic acids is 1. The summed E-state index contributed by atoms with van der Waals surface area (Å²) in [5, 5.41) is 15.0. The number of rotatable bonds is 10. The fraction of sp³-hybridized carbons (Fsp3) is 0.111. The normalized spacial score (nSPS) is 11.1. The Labute approximate surface area is 255 Å². The van der Waals surface area contributed by atoms with Crippen molar-refractivity contribution in [3.8, 4) is 23.3 Å². The van der Waals surface area contributed by atoms with E-state index in [9.17, 15) is 10.1 Å². The lowest BCUT2D eigenvalue weighted by molar-refractivity contribution is -0.112. The first kappa shape index (κ1) is 29.2. The van der Waals surface area contributed by atoms with Crippen LogP contribution in [0.25, 0.3) is 16.8 Å². The van der Waals surface area contributed by atoms with Crippen LogP contribution in [-0.4, -0.2) is 13.0 Å². The van der Waals surface area contributed by atoms with Crippen LogP contribution in [0.3, 0.4) is 0 Å². The highest BCUT2D eigenvalue weighted by atomic mass is 35.5. The van der Waals surface area contributed by atoms with Gasteiger partial charge in [-0.25, -0.2) is 0 Å². The van der Waals surface area contributed by atoms with Gasteiger partial charge in [-0.3, -0.25) is 4.79 Å². The van der Waals surface area contributed by atoms with E-state index in [0.717, 1.165) is 27.5 Å². The molecule has 0 aliphatic carbocycles. The number of nitriles is 1. The quantitative estimate of drug-likeness (QED) is 0.131. The topological polar surface area (TPSA) is 80.6 Å². The molecule has 0 saturated heterocycles. The number of amides is 1. The number of nitrogens with one attached hydrogen (secondary N) is 1. The molecule has 43 heavy (non-hydrogen) atoms.